The van der Waals surface area contributed by atoms with Gasteiger partial charge in [0.15, 0.2) is 0 Å². The number of allylic oxidation sites excluding steroid dienone is 8. The second-order valence-electron chi connectivity index (χ2n) is 9.04. The molecule has 0 saturated heterocycles. The van der Waals surface area contributed by atoms with Crippen LogP contribution in [-0.4, -0.2) is 12.6 Å². The van der Waals surface area contributed by atoms with Crippen LogP contribution >= 0.6 is 0 Å². The van der Waals surface area contributed by atoms with Crippen molar-refractivity contribution in [2.75, 3.05) is 6.61 Å². The fraction of sp³-hybridized carbons (Fsp3) is 0.710. The Bertz CT molecular complexity index is 513. The zero-order valence-corrected chi connectivity index (χ0v) is 22.1. The van der Waals surface area contributed by atoms with Crippen LogP contribution in [0.5, 0.6) is 0 Å². The quantitative estimate of drug-likeness (QED) is 0.0622. The van der Waals surface area contributed by atoms with E-state index in [2.05, 4.69) is 62.5 Å². The number of hydrogen-bond acceptors (Lipinski definition) is 2. The van der Waals surface area contributed by atoms with Gasteiger partial charge in [0, 0.05) is 6.42 Å². The third-order valence-corrected chi connectivity index (χ3v) is 5.70. The van der Waals surface area contributed by atoms with E-state index in [0.717, 1.165) is 44.9 Å². The summed E-state index contributed by atoms with van der Waals surface area (Å²) in [5.74, 6) is -0.0438. The van der Waals surface area contributed by atoms with E-state index in [0.29, 0.717) is 13.0 Å². The number of carbonyl (C=O) groups is 1. The molecule has 0 aromatic rings. The minimum Gasteiger partial charge on any atom is -0.466 e. The van der Waals surface area contributed by atoms with E-state index in [-0.39, 0.29) is 5.97 Å². The van der Waals surface area contributed by atoms with Gasteiger partial charge in [0.25, 0.3) is 0 Å². The molecule has 0 heterocycles. The van der Waals surface area contributed by atoms with Gasteiger partial charge < -0.3 is 4.74 Å². The Balaban J connectivity index is 3.39. The molecule has 0 spiro atoms. The van der Waals surface area contributed by atoms with E-state index >= 15 is 0 Å². The molecule has 0 aromatic carbocycles. The SMILES string of the molecule is CCCCCC=CCCC=CC=CCCCOC(=O)CCCC/C=C\CCCCCCCC. The maximum Gasteiger partial charge on any atom is 0.305 e. The van der Waals surface area contributed by atoms with Crippen molar-refractivity contribution in [2.24, 2.45) is 0 Å². The number of ether oxygens (including phenoxy) is 1. The molecule has 0 fully saturated rings. The highest BCUT2D eigenvalue weighted by molar-refractivity contribution is 5.69. The number of hydrogen-bond donors (Lipinski definition) is 0. The second kappa shape index (κ2) is 28.5. The molecule has 0 aromatic heterocycles. The number of unbranched alkanes of at least 4 members (excludes halogenated alkanes) is 13. The first-order valence-electron chi connectivity index (χ1n) is 14.1. The lowest BCUT2D eigenvalue weighted by Crippen LogP contribution is -2.05. The fourth-order valence-electron chi connectivity index (χ4n) is 3.56. The Morgan fingerprint density at radius 2 is 0.970 bits per heavy atom. The molecule has 0 saturated carbocycles. The van der Waals surface area contributed by atoms with Crippen molar-refractivity contribution >= 4 is 5.97 Å². The largest absolute Gasteiger partial charge is 0.466 e. The molecule has 2 heteroatoms. The van der Waals surface area contributed by atoms with Gasteiger partial charge in [-0.1, -0.05) is 107 Å². The maximum atomic E-state index is 11.8. The first kappa shape index (κ1) is 31.4. The van der Waals surface area contributed by atoms with Crippen molar-refractivity contribution in [3.05, 3.63) is 48.6 Å². The molecular formula is C31H54O2. The minimum absolute atomic E-state index is 0.0438. The summed E-state index contributed by atoms with van der Waals surface area (Å²) in [7, 11) is 0. The van der Waals surface area contributed by atoms with Crippen LogP contribution in [0.2, 0.25) is 0 Å². The van der Waals surface area contributed by atoms with E-state index in [4.69, 9.17) is 4.74 Å². The van der Waals surface area contributed by atoms with E-state index in [1.807, 2.05) is 0 Å². The van der Waals surface area contributed by atoms with Crippen molar-refractivity contribution in [3.63, 3.8) is 0 Å². The van der Waals surface area contributed by atoms with E-state index in [9.17, 15) is 4.79 Å². The van der Waals surface area contributed by atoms with Crippen molar-refractivity contribution in [2.45, 2.75) is 136 Å². The lowest BCUT2D eigenvalue weighted by Gasteiger charge is -2.03. The standard InChI is InChI=1S/C31H54O2/c1-3-5-7-9-11-13-15-17-18-20-22-24-26-28-30-33-31(32)29-27-25-23-21-19-16-14-12-10-8-6-4-2/h11,13,18-22,24H,3-10,12,14-17,23,25-30H2,1-2H3/b13-11?,20-18?,21-19-,24-22?. The van der Waals surface area contributed by atoms with Gasteiger partial charge in [-0.3, -0.25) is 4.79 Å². The van der Waals surface area contributed by atoms with Gasteiger partial charge in [0.05, 0.1) is 6.61 Å². The molecule has 33 heavy (non-hydrogen) atoms. The summed E-state index contributed by atoms with van der Waals surface area (Å²) in [5.41, 5.74) is 0. The molecule has 0 unspecified atom stereocenters. The van der Waals surface area contributed by atoms with Crippen molar-refractivity contribution in [1.82, 2.24) is 0 Å². The Morgan fingerprint density at radius 1 is 0.515 bits per heavy atom. The molecule has 2 nitrogen and oxygen atoms in total. The van der Waals surface area contributed by atoms with Crippen LogP contribution in [0.15, 0.2) is 48.6 Å². The van der Waals surface area contributed by atoms with Crippen molar-refractivity contribution in [1.29, 1.82) is 0 Å². The second-order valence-corrected chi connectivity index (χ2v) is 9.04. The summed E-state index contributed by atoms with van der Waals surface area (Å²) in [6.07, 6.45) is 40.1. The van der Waals surface area contributed by atoms with Crippen LogP contribution < -0.4 is 0 Å². The van der Waals surface area contributed by atoms with Gasteiger partial charge in [-0.25, -0.2) is 0 Å². The molecule has 0 radical (unpaired) electrons. The lowest BCUT2D eigenvalue weighted by molar-refractivity contribution is -0.143. The average Bonchev–Trinajstić information content (AvgIpc) is 2.82. The van der Waals surface area contributed by atoms with Crippen LogP contribution in [0.1, 0.15) is 136 Å². The fourth-order valence-corrected chi connectivity index (χ4v) is 3.56. The highest BCUT2D eigenvalue weighted by atomic mass is 16.5. The highest BCUT2D eigenvalue weighted by Gasteiger charge is 2.01. The van der Waals surface area contributed by atoms with Crippen molar-refractivity contribution < 1.29 is 9.53 Å². The Kier molecular flexibility index (Phi) is 27.1. The van der Waals surface area contributed by atoms with Crippen molar-refractivity contribution in [3.8, 4) is 0 Å². The van der Waals surface area contributed by atoms with Crippen LogP contribution in [0.3, 0.4) is 0 Å². The summed E-state index contributed by atoms with van der Waals surface area (Å²) < 4.78 is 5.33. The summed E-state index contributed by atoms with van der Waals surface area (Å²) in [4.78, 5) is 11.8. The molecule has 0 aliphatic heterocycles. The molecule has 0 aliphatic rings. The van der Waals surface area contributed by atoms with Crippen LogP contribution in [0.25, 0.3) is 0 Å². The van der Waals surface area contributed by atoms with Crippen LogP contribution in [-0.2, 0) is 9.53 Å². The van der Waals surface area contributed by atoms with Gasteiger partial charge in [0.1, 0.15) is 0 Å². The van der Waals surface area contributed by atoms with Gasteiger partial charge >= 0.3 is 5.97 Å². The number of esters is 1. The Labute approximate surface area is 206 Å². The third-order valence-electron chi connectivity index (χ3n) is 5.70. The molecule has 0 N–H and O–H groups in total. The molecule has 0 amide bonds. The Morgan fingerprint density at radius 3 is 1.67 bits per heavy atom. The zero-order chi connectivity index (χ0) is 24.1. The normalized spacial score (nSPS) is 12.2. The molecule has 0 bridgehead atoms. The van der Waals surface area contributed by atoms with Gasteiger partial charge in [-0.15, -0.1) is 0 Å². The predicted octanol–water partition coefficient (Wildman–Crippen LogP) is 10.2. The van der Waals surface area contributed by atoms with E-state index < -0.39 is 0 Å². The minimum atomic E-state index is -0.0438. The third kappa shape index (κ3) is 28.4. The first-order chi connectivity index (χ1) is 16.3. The van der Waals surface area contributed by atoms with Gasteiger partial charge in [-0.05, 0) is 70.6 Å². The molecule has 0 rings (SSSR count). The lowest BCUT2D eigenvalue weighted by atomic mass is 10.1. The van der Waals surface area contributed by atoms with Gasteiger partial charge in [-0.2, -0.15) is 0 Å². The van der Waals surface area contributed by atoms with Crippen LogP contribution in [0, 0.1) is 0 Å². The summed E-state index contributed by atoms with van der Waals surface area (Å²) >= 11 is 0. The zero-order valence-electron chi connectivity index (χ0n) is 22.1. The monoisotopic (exact) mass is 458 g/mol. The smallest absolute Gasteiger partial charge is 0.305 e. The van der Waals surface area contributed by atoms with E-state index in [1.54, 1.807) is 0 Å². The number of carbonyl (C=O) groups excluding carboxylic acids is 1. The first-order valence-corrected chi connectivity index (χ1v) is 14.1. The number of rotatable bonds is 24. The Hall–Kier alpha value is -1.57. The maximum absolute atomic E-state index is 11.8. The van der Waals surface area contributed by atoms with Crippen LogP contribution in [0.4, 0.5) is 0 Å². The summed E-state index contributed by atoms with van der Waals surface area (Å²) in [6, 6.07) is 0. The highest BCUT2D eigenvalue weighted by Crippen LogP contribution is 2.08. The summed E-state index contributed by atoms with van der Waals surface area (Å²) in [5, 5.41) is 0. The topological polar surface area (TPSA) is 26.3 Å². The molecule has 190 valence electrons. The molecular weight excluding hydrogens is 404 g/mol. The van der Waals surface area contributed by atoms with Gasteiger partial charge in [0.2, 0.25) is 0 Å². The summed E-state index contributed by atoms with van der Waals surface area (Å²) in [6.45, 7) is 5.04. The average molecular weight is 459 g/mol. The predicted molar refractivity (Wildman–Crippen MR) is 147 cm³/mol. The molecule has 0 aliphatic carbocycles. The van der Waals surface area contributed by atoms with E-state index in [1.165, 1.54) is 70.6 Å². The molecule has 0 atom stereocenters.